The number of benzene rings is 1. The summed E-state index contributed by atoms with van der Waals surface area (Å²) in [5.41, 5.74) is 2.34. The maximum absolute atomic E-state index is 12.7. The van der Waals surface area contributed by atoms with Crippen molar-refractivity contribution < 1.29 is 4.79 Å². The van der Waals surface area contributed by atoms with Crippen LogP contribution in [0.3, 0.4) is 0 Å². The fraction of sp³-hybridized carbons (Fsp3) is 0.333. The first-order chi connectivity index (χ1) is 11.1. The van der Waals surface area contributed by atoms with Crippen molar-refractivity contribution in [3.8, 4) is 0 Å². The molecular formula is C18H19BrN2OS. The number of halogens is 1. The zero-order chi connectivity index (χ0) is 16.2. The van der Waals surface area contributed by atoms with Gasteiger partial charge in [0.25, 0.3) is 0 Å². The summed E-state index contributed by atoms with van der Waals surface area (Å²) in [4.78, 5) is 19.9. The van der Waals surface area contributed by atoms with Gasteiger partial charge in [0.2, 0.25) is 5.91 Å². The van der Waals surface area contributed by atoms with Crippen LogP contribution < -0.4 is 0 Å². The lowest BCUT2D eigenvalue weighted by molar-refractivity contribution is -0.129. The van der Waals surface area contributed by atoms with Crippen molar-refractivity contribution in [1.82, 2.24) is 9.88 Å². The van der Waals surface area contributed by atoms with Gasteiger partial charge in [-0.3, -0.25) is 9.78 Å². The molecule has 0 N–H and O–H groups in total. The lowest BCUT2D eigenvalue weighted by Crippen LogP contribution is -2.33. The molecule has 23 heavy (non-hydrogen) atoms. The molecule has 1 aliphatic rings. The summed E-state index contributed by atoms with van der Waals surface area (Å²) < 4.78 is 1.07. The third-order valence-electron chi connectivity index (χ3n) is 3.90. The summed E-state index contributed by atoms with van der Waals surface area (Å²) in [6.45, 7) is 2.76. The number of carbonyl (C=O) groups excluding carboxylic acids is 1. The summed E-state index contributed by atoms with van der Waals surface area (Å²) >= 11 is 5.10. The van der Waals surface area contributed by atoms with Crippen LogP contribution in [0.15, 0.2) is 52.1 Å². The highest BCUT2D eigenvalue weighted by Crippen LogP contribution is 2.31. The number of amides is 1. The van der Waals surface area contributed by atoms with Crippen molar-refractivity contribution in [2.24, 2.45) is 0 Å². The fourth-order valence-electron chi connectivity index (χ4n) is 2.49. The molecule has 0 radical (unpaired) electrons. The van der Waals surface area contributed by atoms with Gasteiger partial charge in [-0.1, -0.05) is 15.9 Å². The number of carbonyl (C=O) groups is 1. The Bertz CT molecular complexity index is 689. The molecule has 1 aliphatic carbocycles. The normalized spacial score (nSPS) is 13.8. The molecule has 0 atom stereocenters. The van der Waals surface area contributed by atoms with Crippen molar-refractivity contribution in [3.63, 3.8) is 0 Å². The number of rotatable bonds is 6. The average molecular weight is 391 g/mol. The van der Waals surface area contributed by atoms with Crippen molar-refractivity contribution in [2.45, 2.75) is 37.2 Å². The lowest BCUT2D eigenvalue weighted by Gasteiger charge is -2.22. The van der Waals surface area contributed by atoms with Gasteiger partial charge in [-0.25, -0.2) is 0 Å². The minimum atomic E-state index is 0.219. The standard InChI is InChI=1S/C18H19BrN2OS/c1-13-10-15(19)2-5-17(13)23-12-18(22)21(16-3-4-16)11-14-6-8-20-9-7-14/h2,5-10,16H,3-4,11-12H2,1H3. The molecule has 3 nitrogen and oxygen atoms in total. The Labute approximate surface area is 149 Å². The number of aryl methyl sites for hydroxylation is 1. The Hall–Kier alpha value is -1.33. The molecule has 2 aromatic rings. The number of aromatic nitrogens is 1. The highest BCUT2D eigenvalue weighted by molar-refractivity contribution is 9.10. The van der Waals surface area contributed by atoms with E-state index in [1.54, 1.807) is 24.2 Å². The van der Waals surface area contributed by atoms with Gasteiger partial charge in [-0.05, 0) is 61.2 Å². The van der Waals surface area contributed by atoms with Gasteiger partial charge >= 0.3 is 0 Å². The zero-order valence-corrected chi connectivity index (χ0v) is 15.4. The molecule has 1 heterocycles. The minimum absolute atomic E-state index is 0.219. The Morgan fingerprint density at radius 1 is 1.30 bits per heavy atom. The van der Waals surface area contributed by atoms with Crippen LogP contribution in [0.4, 0.5) is 0 Å². The number of hydrogen-bond donors (Lipinski definition) is 0. The zero-order valence-electron chi connectivity index (χ0n) is 13.0. The third kappa shape index (κ3) is 4.58. The predicted octanol–water partition coefficient (Wildman–Crippen LogP) is 4.44. The van der Waals surface area contributed by atoms with Crippen LogP contribution in [0.25, 0.3) is 0 Å². The summed E-state index contributed by atoms with van der Waals surface area (Å²) in [6, 6.07) is 10.6. The van der Waals surface area contributed by atoms with E-state index < -0.39 is 0 Å². The maximum Gasteiger partial charge on any atom is 0.233 e. The summed E-state index contributed by atoms with van der Waals surface area (Å²) in [7, 11) is 0. The lowest BCUT2D eigenvalue weighted by atomic mass is 10.2. The van der Waals surface area contributed by atoms with Crippen LogP contribution in [-0.2, 0) is 11.3 Å². The van der Waals surface area contributed by atoms with E-state index in [1.807, 2.05) is 23.1 Å². The molecule has 1 fully saturated rings. The Morgan fingerprint density at radius 3 is 2.70 bits per heavy atom. The first-order valence-corrected chi connectivity index (χ1v) is 9.48. The Balaban J connectivity index is 1.62. The monoisotopic (exact) mass is 390 g/mol. The number of thioether (sulfide) groups is 1. The molecule has 1 amide bonds. The molecule has 0 unspecified atom stereocenters. The van der Waals surface area contributed by atoms with Crippen LogP contribution in [-0.4, -0.2) is 27.6 Å². The van der Waals surface area contributed by atoms with Gasteiger partial charge in [-0.2, -0.15) is 0 Å². The fourth-order valence-corrected chi connectivity index (χ4v) is 3.86. The van der Waals surface area contributed by atoms with Crippen LogP contribution in [0, 0.1) is 6.92 Å². The van der Waals surface area contributed by atoms with Crippen molar-refractivity contribution in [2.75, 3.05) is 5.75 Å². The largest absolute Gasteiger partial charge is 0.335 e. The van der Waals surface area contributed by atoms with Gasteiger partial charge in [0.05, 0.1) is 5.75 Å². The number of pyridine rings is 1. The molecular weight excluding hydrogens is 372 g/mol. The van der Waals surface area contributed by atoms with E-state index >= 15 is 0 Å². The first kappa shape index (κ1) is 16.5. The van der Waals surface area contributed by atoms with Crippen LogP contribution >= 0.6 is 27.7 Å². The molecule has 0 bridgehead atoms. The predicted molar refractivity (Wildman–Crippen MR) is 97.4 cm³/mol. The third-order valence-corrected chi connectivity index (χ3v) is 5.55. The molecule has 3 rings (SSSR count). The minimum Gasteiger partial charge on any atom is -0.335 e. The van der Waals surface area contributed by atoms with Crippen molar-refractivity contribution >= 4 is 33.6 Å². The van der Waals surface area contributed by atoms with Crippen LogP contribution in [0.1, 0.15) is 24.0 Å². The quantitative estimate of drug-likeness (QED) is 0.683. The van der Waals surface area contributed by atoms with E-state index in [4.69, 9.17) is 0 Å². The van der Waals surface area contributed by atoms with Crippen molar-refractivity contribution in [1.29, 1.82) is 0 Å². The van der Waals surface area contributed by atoms with Gasteiger partial charge in [-0.15, -0.1) is 11.8 Å². The Kier molecular flexibility index (Phi) is 5.38. The number of hydrogen-bond acceptors (Lipinski definition) is 3. The highest BCUT2D eigenvalue weighted by atomic mass is 79.9. The topological polar surface area (TPSA) is 33.2 Å². The van der Waals surface area contributed by atoms with Crippen LogP contribution in [0.5, 0.6) is 0 Å². The first-order valence-electron chi connectivity index (χ1n) is 7.71. The molecule has 0 saturated heterocycles. The van der Waals surface area contributed by atoms with Gasteiger partial charge < -0.3 is 4.90 Å². The molecule has 0 aliphatic heterocycles. The Morgan fingerprint density at radius 2 is 2.04 bits per heavy atom. The van der Waals surface area contributed by atoms with E-state index in [0.717, 1.165) is 22.9 Å². The van der Waals surface area contributed by atoms with E-state index in [2.05, 4.69) is 40.0 Å². The van der Waals surface area contributed by atoms with E-state index in [1.165, 1.54) is 10.5 Å². The van der Waals surface area contributed by atoms with Crippen LogP contribution in [0.2, 0.25) is 0 Å². The summed E-state index contributed by atoms with van der Waals surface area (Å²) in [6.07, 6.45) is 5.81. The van der Waals surface area contributed by atoms with Gasteiger partial charge in [0, 0.05) is 34.3 Å². The second-order valence-corrected chi connectivity index (χ2v) is 7.74. The molecule has 5 heteroatoms. The average Bonchev–Trinajstić information content (AvgIpc) is 3.37. The van der Waals surface area contributed by atoms with E-state index in [0.29, 0.717) is 18.3 Å². The molecule has 1 aromatic heterocycles. The van der Waals surface area contributed by atoms with E-state index in [-0.39, 0.29) is 5.91 Å². The SMILES string of the molecule is Cc1cc(Br)ccc1SCC(=O)N(Cc1ccncc1)C1CC1. The second-order valence-electron chi connectivity index (χ2n) is 5.81. The molecule has 1 saturated carbocycles. The number of nitrogens with zero attached hydrogens (tertiary/aromatic N) is 2. The maximum atomic E-state index is 12.7. The van der Waals surface area contributed by atoms with Gasteiger partial charge in [0.15, 0.2) is 0 Å². The van der Waals surface area contributed by atoms with E-state index in [9.17, 15) is 4.79 Å². The van der Waals surface area contributed by atoms with Crippen molar-refractivity contribution in [3.05, 3.63) is 58.3 Å². The molecule has 120 valence electrons. The summed E-state index contributed by atoms with van der Waals surface area (Å²) in [5, 5.41) is 0. The molecule has 1 aromatic carbocycles. The second kappa shape index (κ2) is 7.49. The summed E-state index contributed by atoms with van der Waals surface area (Å²) in [5.74, 6) is 0.709. The highest BCUT2D eigenvalue weighted by Gasteiger charge is 2.32. The smallest absolute Gasteiger partial charge is 0.233 e. The van der Waals surface area contributed by atoms with Gasteiger partial charge in [0.1, 0.15) is 0 Å². The molecule has 0 spiro atoms.